The summed E-state index contributed by atoms with van der Waals surface area (Å²) < 4.78 is 13.5. The van der Waals surface area contributed by atoms with Gasteiger partial charge in [-0.05, 0) is 49.6 Å². The number of benzene rings is 2. The molecule has 1 heterocycles. The Kier molecular flexibility index (Phi) is 3.13. The van der Waals surface area contributed by atoms with Gasteiger partial charge in [-0.25, -0.2) is 4.39 Å². The summed E-state index contributed by atoms with van der Waals surface area (Å²) in [5.41, 5.74) is 4.03. The minimum Gasteiger partial charge on any atom is -0.508 e. The third-order valence-electron chi connectivity index (χ3n) is 4.08. The van der Waals surface area contributed by atoms with Crippen LogP contribution in [0.2, 0.25) is 0 Å². The molecule has 0 radical (unpaired) electrons. The van der Waals surface area contributed by atoms with Gasteiger partial charge in [-0.3, -0.25) is 0 Å². The molecule has 0 saturated heterocycles. The highest BCUT2D eigenvalue weighted by atomic mass is 19.1. The maximum absolute atomic E-state index is 13.5. The van der Waals surface area contributed by atoms with E-state index in [1.165, 1.54) is 11.6 Å². The largest absolute Gasteiger partial charge is 0.508 e. The molecule has 1 aliphatic heterocycles. The van der Waals surface area contributed by atoms with Crippen molar-refractivity contribution in [3.8, 4) is 5.75 Å². The molecule has 0 aliphatic carbocycles. The van der Waals surface area contributed by atoms with Crippen molar-refractivity contribution < 1.29 is 9.50 Å². The normalized spacial score (nSPS) is 15.2. The number of hydrogen-bond acceptors (Lipinski definition) is 2. The molecule has 1 N–H and O–H groups in total. The van der Waals surface area contributed by atoms with Crippen molar-refractivity contribution >= 4 is 5.69 Å². The van der Waals surface area contributed by atoms with Gasteiger partial charge in [0.2, 0.25) is 0 Å². The van der Waals surface area contributed by atoms with E-state index < -0.39 is 0 Å². The Balaban J connectivity index is 1.97. The third kappa shape index (κ3) is 2.13. The second-order valence-electron chi connectivity index (χ2n) is 5.45. The van der Waals surface area contributed by atoms with Crippen LogP contribution in [0.3, 0.4) is 0 Å². The minimum absolute atomic E-state index is 0.0265. The van der Waals surface area contributed by atoms with Crippen LogP contribution in [0.25, 0.3) is 0 Å². The fourth-order valence-electron chi connectivity index (χ4n) is 2.95. The number of phenols is 1. The van der Waals surface area contributed by atoms with E-state index in [4.69, 9.17) is 0 Å². The lowest BCUT2D eigenvalue weighted by Gasteiger charge is -2.28. The van der Waals surface area contributed by atoms with Crippen LogP contribution in [0.4, 0.5) is 10.1 Å². The van der Waals surface area contributed by atoms with Crippen molar-refractivity contribution in [1.82, 2.24) is 0 Å². The predicted octanol–water partition coefficient (Wildman–Crippen LogP) is 3.96. The molecule has 0 spiro atoms. The second-order valence-corrected chi connectivity index (χ2v) is 5.45. The Labute approximate surface area is 118 Å². The SMILES string of the molecule is Cc1ccc(C(C)N2CCc3ccc(F)cc32)c(O)c1. The highest BCUT2D eigenvalue weighted by Crippen LogP contribution is 2.38. The summed E-state index contributed by atoms with van der Waals surface area (Å²) in [5, 5.41) is 10.1. The Hall–Kier alpha value is -2.03. The highest BCUT2D eigenvalue weighted by molar-refractivity contribution is 5.60. The molecule has 1 atom stereocenters. The molecule has 1 unspecified atom stereocenters. The summed E-state index contributed by atoms with van der Waals surface area (Å²) in [6.45, 7) is 4.85. The number of aryl methyl sites for hydroxylation is 1. The Morgan fingerprint density at radius 3 is 2.75 bits per heavy atom. The number of hydrogen-bond donors (Lipinski definition) is 1. The predicted molar refractivity (Wildman–Crippen MR) is 78.7 cm³/mol. The summed E-state index contributed by atoms with van der Waals surface area (Å²) in [5.74, 6) is 0.0957. The minimum atomic E-state index is -0.212. The van der Waals surface area contributed by atoms with E-state index >= 15 is 0 Å². The molecule has 1 aliphatic rings. The van der Waals surface area contributed by atoms with Gasteiger partial charge in [-0.1, -0.05) is 18.2 Å². The van der Waals surface area contributed by atoms with Gasteiger partial charge in [0.1, 0.15) is 11.6 Å². The molecule has 20 heavy (non-hydrogen) atoms. The van der Waals surface area contributed by atoms with E-state index in [2.05, 4.69) is 4.90 Å². The first-order valence-electron chi connectivity index (χ1n) is 6.91. The molecule has 0 bridgehead atoms. The van der Waals surface area contributed by atoms with Gasteiger partial charge in [0.15, 0.2) is 0 Å². The Bertz CT molecular complexity index is 653. The molecule has 3 heteroatoms. The monoisotopic (exact) mass is 271 g/mol. The molecule has 2 aromatic carbocycles. The van der Waals surface area contributed by atoms with Crippen molar-refractivity contribution in [2.24, 2.45) is 0 Å². The first-order chi connectivity index (χ1) is 9.56. The number of rotatable bonds is 2. The highest BCUT2D eigenvalue weighted by Gasteiger charge is 2.26. The first-order valence-corrected chi connectivity index (χ1v) is 6.91. The third-order valence-corrected chi connectivity index (χ3v) is 4.08. The van der Waals surface area contributed by atoms with Crippen molar-refractivity contribution in [1.29, 1.82) is 0 Å². The molecule has 2 aromatic rings. The molecule has 0 fully saturated rings. The Morgan fingerprint density at radius 1 is 1.20 bits per heavy atom. The molecule has 0 amide bonds. The van der Waals surface area contributed by atoms with Crippen molar-refractivity contribution in [3.05, 3.63) is 58.9 Å². The van der Waals surface area contributed by atoms with Crippen molar-refractivity contribution in [2.75, 3.05) is 11.4 Å². The van der Waals surface area contributed by atoms with Crippen molar-refractivity contribution in [3.63, 3.8) is 0 Å². The number of anilines is 1. The van der Waals surface area contributed by atoms with Crippen LogP contribution in [0.5, 0.6) is 5.75 Å². The summed E-state index contributed by atoms with van der Waals surface area (Å²) >= 11 is 0. The molecular formula is C17H18FNO. The van der Waals surface area contributed by atoms with E-state index in [1.54, 1.807) is 12.1 Å². The fraction of sp³-hybridized carbons (Fsp3) is 0.294. The lowest BCUT2D eigenvalue weighted by molar-refractivity contribution is 0.461. The summed E-state index contributed by atoms with van der Waals surface area (Å²) in [6.07, 6.45) is 0.923. The standard InChI is InChI=1S/C17H18FNO/c1-11-3-6-15(17(20)9-11)12(2)19-8-7-13-4-5-14(18)10-16(13)19/h3-6,9-10,12,20H,7-8H2,1-2H3. The Morgan fingerprint density at radius 2 is 2.00 bits per heavy atom. The number of halogens is 1. The number of nitrogens with zero attached hydrogens (tertiary/aromatic N) is 1. The zero-order valence-corrected chi connectivity index (χ0v) is 11.7. The van der Waals surface area contributed by atoms with Gasteiger partial charge >= 0.3 is 0 Å². The van der Waals surface area contributed by atoms with Gasteiger partial charge in [0.05, 0.1) is 6.04 Å². The fourth-order valence-corrected chi connectivity index (χ4v) is 2.95. The van der Waals surface area contributed by atoms with Crippen LogP contribution in [-0.4, -0.2) is 11.7 Å². The van der Waals surface area contributed by atoms with Crippen LogP contribution in [-0.2, 0) is 6.42 Å². The average molecular weight is 271 g/mol. The molecule has 2 nitrogen and oxygen atoms in total. The summed E-state index contributed by atoms with van der Waals surface area (Å²) in [7, 11) is 0. The maximum atomic E-state index is 13.5. The molecular weight excluding hydrogens is 253 g/mol. The van der Waals surface area contributed by atoms with Crippen LogP contribution in [0, 0.1) is 12.7 Å². The summed E-state index contributed by atoms with van der Waals surface area (Å²) in [6, 6.07) is 10.7. The smallest absolute Gasteiger partial charge is 0.125 e. The molecule has 0 saturated carbocycles. The van der Waals surface area contributed by atoms with Crippen LogP contribution < -0.4 is 4.90 Å². The van der Waals surface area contributed by atoms with Gasteiger partial charge < -0.3 is 10.0 Å². The second kappa shape index (κ2) is 4.82. The van der Waals surface area contributed by atoms with Crippen LogP contribution in [0.15, 0.2) is 36.4 Å². The maximum Gasteiger partial charge on any atom is 0.125 e. The van der Waals surface area contributed by atoms with E-state index in [0.29, 0.717) is 5.75 Å². The summed E-state index contributed by atoms with van der Waals surface area (Å²) in [4.78, 5) is 2.16. The van der Waals surface area contributed by atoms with Crippen LogP contribution in [0.1, 0.15) is 29.7 Å². The van der Waals surface area contributed by atoms with Crippen LogP contribution >= 0.6 is 0 Å². The van der Waals surface area contributed by atoms with E-state index in [0.717, 1.165) is 29.8 Å². The zero-order valence-electron chi connectivity index (χ0n) is 11.7. The lowest BCUT2D eigenvalue weighted by Crippen LogP contribution is -2.24. The number of aromatic hydroxyl groups is 1. The lowest BCUT2D eigenvalue weighted by atomic mass is 10.0. The number of fused-ring (bicyclic) bond motifs is 1. The van der Waals surface area contributed by atoms with Gasteiger partial charge in [0, 0.05) is 17.8 Å². The van der Waals surface area contributed by atoms with Gasteiger partial charge in [-0.2, -0.15) is 0 Å². The van der Waals surface area contributed by atoms with E-state index in [1.807, 2.05) is 32.0 Å². The average Bonchev–Trinajstić information content (AvgIpc) is 2.81. The van der Waals surface area contributed by atoms with E-state index in [-0.39, 0.29) is 11.9 Å². The quantitative estimate of drug-likeness (QED) is 0.893. The van der Waals surface area contributed by atoms with Crippen molar-refractivity contribution in [2.45, 2.75) is 26.3 Å². The topological polar surface area (TPSA) is 23.5 Å². The van der Waals surface area contributed by atoms with E-state index in [9.17, 15) is 9.50 Å². The zero-order chi connectivity index (χ0) is 14.3. The molecule has 0 aromatic heterocycles. The molecule has 3 rings (SSSR count). The van der Waals surface area contributed by atoms with Gasteiger partial charge in [0.25, 0.3) is 0 Å². The number of phenolic OH excluding ortho intramolecular Hbond substituents is 1. The molecule has 104 valence electrons. The van der Waals surface area contributed by atoms with Gasteiger partial charge in [-0.15, -0.1) is 0 Å². The first kappa shape index (κ1) is 13.0.